The lowest BCUT2D eigenvalue weighted by atomic mass is 9.35. The van der Waals surface area contributed by atoms with E-state index in [9.17, 15) is 0 Å². The van der Waals surface area contributed by atoms with E-state index in [-0.39, 0.29) is 50.0 Å². The van der Waals surface area contributed by atoms with Crippen LogP contribution in [0.5, 0.6) is 0 Å². The molecule has 0 saturated heterocycles. The predicted octanol–water partition coefficient (Wildman–Crippen LogP) is 19.6. The molecule has 0 atom stereocenters. The summed E-state index contributed by atoms with van der Waals surface area (Å²) in [6.07, 6.45) is 6.85. The Morgan fingerprint density at radius 1 is 0.407 bits per heavy atom. The van der Waals surface area contributed by atoms with Crippen LogP contribution in [0.25, 0.3) is 11.0 Å². The van der Waals surface area contributed by atoms with Crippen molar-refractivity contribution >= 4 is 85.5 Å². The maximum atomic E-state index is 7.88. The van der Waals surface area contributed by atoms with Crippen LogP contribution in [-0.4, -0.2) is 6.71 Å². The lowest BCUT2D eigenvalue weighted by Crippen LogP contribution is -2.61. The normalized spacial score (nSPS) is 19.5. The van der Waals surface area contributed by atoms with Gasteiger partial charge in [-0.2, -0.15) is 0 Å². The van der Waals surface area contributed by atoms with Gasteiger partial charge in [0.2, 0.25) is 0 Å². The smallest absolute Gasteiger partial charge is 0.297 e. The number of nitrogens with zero attached hydrogens (tertiary/aromatic N) is 3. The minimum absolute atomic E-state index is 0.000975. The summed E-state index contributed by atoms with van der Waals surface area (Å²) in [5.74, 6) is 0. The standard InChI is InChI=1S/C76H88BN3O/c1-69(2,3)47-24-28-50(29-25-47)78(49-22-20-19-21-23-49)53-41-63-66-64(42-53)80(52-32-33-55-56(40-52)72(9,10)35-34-71(55,7)8)67-54-43-57-60(76(17,18)39-36-73(57,11)12)46-65(54)81-68(67)77(66)61-44-58-59(75(15,16)38-37-74(58,13)14)45-62(61)79(63)51-30-26-48(27-31-51)70(4,5)6/h19-33,40-46H,34-39H2,1-18H3. The summed E-state index contributed by atoms with van der Waals surface area (Å²) in [6, 6.07) is 52.9. The van der Waals surface area contributed by atoms with Crippen LogP contribution >= 0.6 is 0 Å². The fourth-order valence-corrected chi connectivity index (χ4v) is 15.2. The fourth-order valence-electron chi connectivity index (χ4n) is 15.2. The van der Waals surface area contributed by atoms with Crippen LogP contribution in [0.2, 0.25) is 0 Å². The van der Waals surface area contributed by atoms with Crippen molar-refractivity contribution < 1.29 is 4.42 Å². The first-order valence-corrected chi connectivity index (χ1v) is 30.7. The molecule has 0 fully saturated rings. The molecule has 13 rings (SSSR count). The van der Waals surface area contributed by atoms with Gasteiger partial charge in [-0.15, -0.1) is 0 Å². The molecule has 7 aromatic carbocycles. The highest BCUT2D eigenvalue weighted by Gasteiger charge is 2.51. The van der Waals surface area contributed by atoms with E-state index in [4.69, 9.17) is 4.42 Å². The van der Waals surface area contributed by atoms with E-state index in [1.54, 1.807) is 0 Å². The first kappa shape index (κ1) is 53.8. The van der Waals surface area contributed by atoms with E-state index in [0.29, 0.717) is 0 Å². The molecule has 0 N–H and O–H groups in total. The number of rotatable bonds is 5. The maximum Gasteiger partial charge on any atom is 0.297 e. The minimum Gasteiger partial charge on any atom is -0.468 e. The second-order valence-corrected chi connectivity index (χ2v) is 31.5. The molecule has 0 saturated carbocycles. The molecule has 1 aromatic heterocycles. The summed E-state index contributed by atoms with van der Waals surface area (Å²) in [6.45, 7) is 43.3. The minimum atomic E-state index is -0.198. The molecule has 3 heterocycles. The van der Waals surface area contributed by atoms with Crippen LogP contribution in [0, 0.1) is 0 Å². The van der Waals surface area contributed by atoms with Gasteiger partial charge in [0.1, 0.15) is 5.58 Å². The van der Waals surface area contributed by atoms with Gasteiger partial charge in [-0.05, 0) is 216 Å². The van der Waals surface area contributed by atoms with Gasteiger partial charge >= 0.3 is 0 Å². The topological polar surface area (TPSA) is 22.9 Å². The molecular formula is C76H88BN3O. The Labute approximate surface area is 486 Å². The molecular weight excluding hydrogens is 982 g/mol. The maximum absolute atomic E-state index is 7.88. The number of hydrogen-bond donors (Lipinski definition) is 0. The monoisotopic (exact) mass is 1070 g/mol. The number of benzene rings is 7. The van der Waals surface area contributed by atoms with Crippen LogP contribution < -0.4 is 31.3 Å². The summed E-state index contributed by atoms with van der Waals surface area (Å²) in [5.41, 5.74) is 26.5. The van der Waals surface area contributed by atoms with Crippen molar-refractivity contribution in [2.75, 3.05) is 14.7 Å². The van der Waals surface area contributed by atoms with Crippen molar-refractivity contribution in [3.63, 3.8) is 0 Å². The van der Waals surface area contributed by atoms with Crippen molar-refractivity contribution in [2.24, 2.45) is 0 Å². The third-order valence-corrected chi connectivity index (χ3v) is 20.9. The van der Waals surface area contributed by atoms with E-state index < -0.39 is 0 Å². The zero-order valence-corrected chi connectivity index (χ0v) is 52.3. The summed E-state index contributed by atoms with van der Waals surface area (Å²) in [4.78, 5) is 7.83. The SMILES string of the molecule is CC(C)(C)c1ccc(N(c2ccccc2)c2cc3c4c(c2)N(c2ccc5c(c2)C(C)(C)CCC5(C)C)c2c(oc5cc6c(cc25)C(C)(C)CCC6(C)C)B4c2cc4c(cc2N3c2ccc(C(C)(C)C)cc2)C(C)(C)CCC4(C)C)cc1. The molecule has 0 radical (unpaired) electrons. The average molecular weight is 1070 g/mol. The highest BCUT2D eigenvalue weighted by Crippen LogP contribution is 2.56. The highest BCUT2D eigenvalue weighted by molar-refractivity contribution is 7.00. The van der Waals surface area contributed by atoms with E-state index in [0.717, 1.165) is 72.5 Å². The van der Waals surface area contributed by atoms with Gasteiger partial charge in [-0.25, -0.2) is 0 Å². The van der Waals surface area contributed by atoms with E-state index in [2.05, 4.69) is 273 Å². The van der Waals surface area contributed by atoms with Crippen LogP contribution in [0.4, 0.5) is 51.2 Å². The molecule has 8 aromatic rings. The van der Waals surface area contributed by atoms with Crippen LogP contribution in [0.3, 0.4) is 0 Å². The molecule has 416 valence electrons. The summed E-state index contributed by atoms with van der Waals surface area (Å²) < 4.78 is 7.88. The zero-order chi connectivity index (χ0) is 57.5. The van der Waals surface area contributed by atoms with Gasteiger partial charge in [0.05, 0.1) is 17.0 Å². The molecule has 81 heavy (non-hydrogen) atoms. The van der Waals surface area contributed by atoms with Gasteiger partial charge in [0.15, 0.2) is 0 Å². The molecule has 5 heteroatoms. The number of hydrogen-bond acceptors (Lipinski definition) is 4. The first-order valence-electron chi connectivity index (χ1n) is 30.7. The number of anilines is 9. The summed E-state index contributed by atoms with van der Waals surface area (Å²) in [7, 11) is 0. The summed E-state index contributed by atoms with van der Waals surface area (Å²) >= 11 is 0. The molecule has 0 spiro atoms. The van der Waals surface area contributed by atoms with Gasteiger partial charge in [-0.3, -0.25) is 0 Å². The second kappa shape index (κ2) is 17.5. The lowest BCUT2D eigenvalue weighted by molar-refractivity contribution is 0.332. The Morgan fingerprint density at radius 2 is 0.852 bits per heavy atom. The van der Waals surface area contributed by atoms with E-state index in [1.165, 1.54) is 89.3 Å². The van der Waals surface area contributed by atoms with E-state index in [1.807, 2.05) is 0 Å². The Balaban J connectivity index is 1.21. The Kier molecular flexibility index (Phi) is 11.7. The zero-order valence-electron chi connectivity index (χ0n) is 52.3. The first-order chi connectivity index (χ1) is 37.9. The Bertz CT molecular complexity index is 3850. The quantitative estimate of drug-likeness (QED) is 0.160. The van der Waals surface area contributed by atoms with Crippen molar-refractivity contribution in [1.82, 2.24) is 0 Å². The third-order valence-electron chi connectivity index (χ3n) is 20.9. The predicted molar refractivity (Wildman–Crippen MR) is 348 cm³/mol. The van der Waals surface area contributed by atoms with Crippen molar-refractivity contribution in [1.29, 1.82) is 0 Å². The number of para-hydroxylation sites is 1. The largest absolute Gasteiger partial charge is 0.468 e. The summed E-state index contributed by atoms with van der Waals surface area (Å²) in [5, 5.41) is 1.20. The number of fused-ring (bicyclic) bond motifs is 9. The average Bonchev–Trinajstić information content (AvgIpc) is 2.59. The molecule has 2 aliphatic heterocycles. The van der Waals surface area contributed by atoms with Crippen molar-refractivity contribution in [2.45, 2.75) is 206 Å². The molecule has 4 nitrogen and oxygen atoms in total. The molecule has 0 amide bonds. The van der Waals surface area contributed by atoms with E-state index >= 15 is 0 Å². The van der Waals surface area contributed by atoms with Crippen molar-refractivity contribution in [3.8, 4) is 0 Å². The van der Waals surface area contributed by atoms with Crippen molar-refractivity contribution in [3.05, 3.63) is 178 Å². The van der Waals surface area contributed by atoms with Gasteiger partial charge < -0.3 is 19.1 Å². The number of furan rings is 1. The lowest BCUT2D eigenvalue weighted by Gasteiger charge is -2.47. The fraction of sp³-hybridized carbons (Fsp3) is 0.421. The second-order valence-electron chi connectivity index (χ2n) is 31.5. The molecule has 0 bridgehead atoms. The van der Waals surface area contributed by atoms with Gasteiger partial charge in [0.25, 0.3) is 6.71 Å². The highest BCUT2D eigenvalue weighted by atomic mass is 16.3. The Morgan fingerprint density at radius 3 is 1.40 bits per heavy atom. The Hall–Kier alpha value is -6.46. The molecule has 0 unspecified atom stereocenters. The van der Waals surface area contributed by atoms with Crippen LogP contribution in [-0.2, 0) is 43.3 Å². The molecule has 3 aliphatic carbocycles. The van der Waals surface area contributed by atoms with Gasteiger partial charge in [-0.1, -0.05) is 179 Å². The van der Waals surface area contributed by atoms with Crippen LogP contribution in [0.15, 0.2) is 138 Å². The van der Waals surface area contributed by atoms with Gasteiger partial charge in [0, 0.05) is 45.2 Å². The third kappa shape index (κ3) is 8.41. The molecule has 5 aliphatic rings. The van der Waals surface area contributed by atoms with Crippen LogP contribution in [0.1, 0.15) is 208 Å².